The molecule has 1 aromatic carbocycles. The van der Waals surface area contributed by atoms with Crippen LogP contribution in [-0.4, -0.2) is 24.8 Å². The number of carbonyl (C=O) groups is 2. The maximum absolute atomic E-state index is 11.8. The summed E-state index contributed by atoms with van der Waals surface area (Å²) >= 11 is 1.27. The number of benzene rings is 1. The van der Waals surface area contributed by atoms with Crippen LogP contribution >= 0.6 is 11.3 Å². The number of ether oxygens (including phenoxy) is 2. The summed E-state index contributed by atoms with van der Waals surface area (Å²) in [5.74, 6) is -0.401. The monoisotopic (exact) mass is 322 g/mol. The summed E-state index contributed by atoms with van der Waals surface area (Å²) in [6.07, 6.45) is -0.580. The molecule has 0 saturated carbocycles. The summed E-state index contributed by atoms with van der Waals surface area (Å²) in [6.45, 7) is 5.34. The molecule has 3 N–H and O–H groups in total. The fraction of sp³-hybridized carbons (Fsp3) is 0.333. The molecule has 1 heterocycles. The molecule has 7 heteroatoms. The number of nitrogen functional groups attached to an aromatic ring is 1. The Morgan fingerprint density at radius 1 is 1.23 bits per heavy atom. The summed E-state index contributed by atoms with van der Waals surface area (Å²) in [4.78, 5) is 23.8. The first-order valence-corrected chi connectivity index (χ1v) is 7.42. The highest BCUT2D eigenvalue weighted by Gasteiger charge is 2.18. The molecule has 0 aliphatic carbocycles. The molecule has 0 aliphatic rings. The van der Waals surface area contributed by atoms with Gasteiger partial charge < -0.3 is 15.2 Å². The minimum atomic E-state index is -0.593. The molecule has 0 unspecified atom stereocenters. The Hall–Kier alpha value is -2.28. The van der Waals surface area contributed by atoms with Gasteiger partial charge in [-0.05, 0) is 44.4 Å². The highest BCUT2D eigenvalue weighted by Crippen LogP contribution is 2.32. The van der Waals surface area contributed by atoms with Crippen LogP contribution in [0.5, 0.6) is 0 Å². The molecule has 1 aromatic heterocycles. The van der Waals surface area contributed by atoms with Crippen molar-refractivity contribution >= 4 is 44.9 Å². The van der Waals surface area contributed by atoms with E-state index < -0.39 is 17.7 Å². The van der Waals surface area contributed by atoms with Gasteiger partial charge in [-0.3, -0.25) is 5.32 Å². The first-order chi connectivity index (χ1) is 10.2. The lowest BCUT2D eigenvalue weighted by Gasteiger charge is -2.20. The molecule has 0 spiro atoms. The molecule has 0 aliphatic heterocycles. The Labute approximate surface area is 132 Å². The van der Waals surface area contributed by atoms with Gasteiger partial charge in [0.1, 0.15) is 10.5 Å². The number of nitrogens with two attached hydrogens (primary N) is 1. The predicted octanol–water partition coefficient (Wildman–Crippen LogP) is 3.62. The van der Waals surface area contributed by atoms with Crippen molar-refractivity contribution in [3.63, 3.8) is 0 Å². The number of hydrogen-bond donors (Lipinski definition) is 2. The number of methoxy groups -OCH3 is 1. The lowest BCUT2D eigenvalue weighted by molar-refractivity contribution is 0.0603. The Balaban J connectivity index is 2.29. The van der Waals surface area contributed by atoms with E-state index in [0.717, 1.165) is 10.1 Å². The van der Waals surface area contributed by atoms with E-state index in [2.05, 4.69) is 5.32 Å². The fourth-order valence-electron chi connectivity index (χ4n) is 1.83. The molecular formula is C15H18N2O4S. The first kappa shape index (κ1) is 16.1. The van der Waals surface area contributed by atoms with Crippen LogP contribution in [0.3, 0.4) is 0 Å². The van der Waals surface area contributed by atoms with E-state index >= 15 is 0 Å². The van der Waals surface area contributed by atoms with Gasteiger partial charge in [-0.2, -0.15) is 0 Å². The number of carbonyl (C=O) groups excluding carboxylic acids is 2. The number of hydrogen-bond acceptors (Lipinski definition) is 6. The van der Waals surface area contributed by atoms with Gasteiger partial charge in [-0.1, -0.05) is 0 Å². The largest absolute Gasteiger partial charge is 0.465 e. The molecule has 0 radical (unpaired) electrons. The Bertz CT molecular complexity index is 731. The number of rotatable bonds is 2. The molecule has 118 valence electrons. The van der Waals surface area contributed by atoms with E-state index in [1.54, 1.807) is 39.0 Å². The zero-order valence-corrected chi connectivity index (χ0v) is 13.7. The van der Waals surface area contributed by atoms with E-state index in [0.29, 0.717) is 16.3 Å². The average Bonchev–Trinajstić information content (AvgIpc) is 2.78. The van der Waals surface area contributed by atoms with E-state index in [4.69, 9.17) is 15.2 Å². The van der Waals surface area contributed by atoms with E-state index in [1.165, 1.54) is 18.4 Å². The maximum Gasteiger partial charge on any atom is 0.412 e. The zero-order valence-electron chi connectivity index (χ0n) is 12.9. The number of fused-ring (bicyclic) bond motifs is 1. The lowest BCUT2D eigenvalue weighted by atomic mass is 10.2. The third-order valence-corrected chi connectivity index (χ3v) is 3.79. The molecule has 0 fully saturated rings. The molecule has 22 heavy (non-hydrogen) atoms. The van der Waals surface area contributed by atoms with Crippen molar-refractivity contribution in [3.8, 4) is 0 Å². The van der Waals surface area contributed by atoms with Crippen molar-refractivity contribution in [3.05, 3.63) is 23.1 Å². The standard InChI is InChI=1S/C15H18N2O4S/c1-15(2,3)21-14(19)17-10-7-11-8(5-9(10)16)6-12(22-11)13(18)20-4/h5-7H,16H2,1-4H3,(H,17,19). The van der Waals surface area contributed by atoms with Gasteiger partial charge in [-0.25, -0.2) is 9.59 Å². The van der Waals surface area contributed by atoms with Gasteiger partial charge in [0, 0.05) is 4.70 Å². The van der Waals surface area contributed by atoms with Crippen LogP contribution < -0.4 is 11.1 Å². The predicted molar refractivity (Wildman–Crippen MR) is 87.4 cm³/mol. The van der Waals surface area contributed by atoms with Crippen LogP contribution in [-0.2, 0) is 9.47 Å². The summed E-state index contributed by atoms with van der Waals surface area (Å²) in [5.41, 5.74) is 6.18. The van der Waals surface area contributed by atoms with Gasteiger partial charge >= 0.3 is 12.1 Å². The van der Waals surface area contributed by atoms with Crippen molar-refractivity contribution in [2.45, 2.75) is 26.4 Å². The van der Waals surface area contributed by atoms with Crippen LogP contribution in [0.2, 0.25) is 0 Å². The second kappa shape index (κ2) is 5.84. The molecule has 2 aromatic rings. The second-order valence-electron chi connectivity index (χ2n) is 5.71. The summed E-state index contributed by atoms with van der Waals surface area (Å²) in [6, 6.07) is 5.12. The SMILES string of the molecule is COC(=O)c1cc2cc(N)c(NC(=O)OC(C)(C)C)cc2s1. The van der Waals surface area contributed by atoms with Gasteiger partial charge in [-0.15, -0.1) is 11.3 Å². The third-order valence-electron chi connectivity index (χ3n) is 2.71. The number of esters is 1. The third kappa shape index (κ3) is 3.67. The van der Waals surface area contributed by atoms with Crippen LogP contribution in [0.4, 0.5) is 16.2 Å². The Morgan fingerprint density at radius 2 is 1.91 bits per heavy atom. The molecule has 0 bridgehead atoms. The normalized spacial score (nSPS) is 11.3. The maximum atomic E-state index is 11.8. The Kier molecular flexibility index (Phi) is 4.27. The topological polar surface area (TPSA) is 90.6 Å². The summed E-state index contributed by atoms with van der Waals surface area (Å²) in [7, 11) is 1.33. The second-order valence-corrected chi connectivity index (χ2v) is 6.79. The molecule has 6 nitrogen and oxygen atoms in total. The van der Waals surface area contributed by atoms with Crippen LogP contribution in [0.25, 0.3) is 10.1 Å². The van der Waals surface area contributed by atoms with Gasteiger partial charge in [0.2, 0.25) is 0 Å². The number of anilines is 2. The van der Waals surface area contributed by atoms with E-state index in [9.17, 15) is 9.59 Å². The summed E-state index contributed by atoms with van der Waals surface area (Å²) < 4.78 is 10.7. The number of nitrogens with one attached hydrogen (secondary N) is 1. The highest BCUT2D eigenvalue weighted by molar-refractivity contribution is 7.20. The average molecular weight is 322 g/mol. The molecule has 0 atom stereocenters. The summed E-state index contributed by atoms with van der Waals surface area (Å²) in [5, 5.41) is 3.43. The Morgan fingerprint density at radius 3 is 2.50 bits per heavy atom. The van der Waals surface area contributed by atoms with Crippen molar-refractivity contribution in [1.82, 2.24) is 0 Å². The van der Waals surface area contributed by atoms with E-state index in [1.807, 2.05) is 0 Å². The number of amides is 1. The fourth-order valence-corrected chi connectivity index (χ4v) is 2.83. The quantitative estimate of drug-likeness (QED) is 0.651. The molecule has 2 rings (SSSR count). The van der Waals surface area contributed by atoms with Gasteiger partial charge in [0.15, 0.2) is 0 Å². The minimum absolute atomic E-state index is 0.396. The van der Waals surface area contributed by atoms with Crippen LogP contribution in [0.15, 0.2) is 18.2 Å². The zero-order chi connectivity index (χ0) is 16.5. The smallest absolute Gasteiger partial charge is 0.412 e. The van der Waals surface area contributed by atoms with Gasteiger partial charge in [0.05, 0.1) is 18.5 Å². The minimum Gasteiger partial charge on any atom is -0.465 e. The number of thiophene rings is 1. The molecule has 0 saturated heterocycles. The lowest BCUT2D eigenvalue weighted by Crippen LogP contribution is -2.27. The highest BCUT2D eigenvalue weighted by atomic mass is 32.1. The van der Waals surface area contributed by atoms with Crippen molar-refractivity contribution in [2.75, 3.05) is 18.2 Å². The first-order valence-electron chi connectivity index (χ1n) is 6.61. The molecular weight excluding hydrogens is 304 g/mol. The van der Waals surface area contributed by atoms with Crippen LogP contribution in [0, 0.1) is 0 Å². The van der Waals surface area contributed by atoms with E-state index in [-0.39, 0.29) is 0 Å². The van der Waals surface area contributed by atoms with Crippen molar-refractivity contribution in [2.24, 2.45) is 0 Å². The molecule has 1 amide bonds. The van der Waals surface area contributed by atoms with Crippen LogP contribution in [0.1, 0.15) is 30.4 Å². The van der Waals surface area contributed by atoms with Gasteiger partial charge in [0.25, 0.3) is 0 Å². The van der Waals surface area contributed by atoms with Crippen molar-refractivity contribution in [1.29, 1.82) is 0 Å². The van der Waals surface area contributed by atoms with Crippen molar-refractivity contribution < 1.29 is 19.1 Å².